The first kappa shape index (κ1) is 13.5. The largest absolute Gasteiger partial charge is 0.325 e. The van der Waals surface area contributed by atoms with E-state index in [2.05, 4.69) is 10.2 Å². The van der Waals surface area contributed by atoms with Crippen LogP contribution in [0.25, 0.3) is 0 Å². The topological polar surface area (TPSA) is 75.4 Å². The summed E-state index contributed by atoms with van der Waals surface area (Å²) in [5.41, 5.74) is 6.07. The van der Waals surface area contributed by atoms with Crippen LogP contribution in [0.2, 0.25) is 0 Å². The number of nitrogens with two attached hydrogens (primary N) is 1. The Balaban J connectivity index is 2.04. The van der Waals surface area contributed by atoms with Crippen LogP contribution < -0.4 is 11.1 Å². The molecule has 0 saturated carbocycles. The van der Waals surface area contributed by atoms with Crippen LogP contribution in [0.3, 0.4) is 0 Å². The summed E-state index contributed by atoms with van der Waals surface area (Å²) >= 11 is 6.29. The molecule has 2 heterocycles. The number of nitrogens with one attached hydrogen (secondary N) is 1. The Hall–Kier alpha value is 0.120. The first-order chi connectivity index (χ1) is 7.89. The molecule has 2 saturated heterocycles. The second-order valence-corrected chi connectivity index (χ2v) is 7.95. The van der Waals surface area contributed by atoms with Crippen molar-refractivity contribution in [2.24, 2.45) is 5.73 Å². The number of likely N-dealkylation sites (tertiary alicyclic amines) is 1. The van der Waals surface area contributed by atoms with Crippen molar-refractivity contribution in [2.45, 2.75) is 29.1 Å². The zero-order valence-corrected chi connectivity index (χ0v) is 11.5. The van der Waals surface area contributed by atoms with Crippen LogP contribution in [-0.4, -0.2) is 68.5 Å². The van der Waals surface area contributed by atoms with Gasteiger partial charge in [0.2, 0.25) is 0 Å². The van der Waals surface area contributed by atoms with Crippen LogP contribution in [0.1, 0.15) is 6.42 Å². The molecule has 3 N–H and O–H groups in total. The lowest BCUT2D eigenvalue weighted by Crippen LogP contribution is -2.62. The third-order valence-electron chi connectivity index (χ3n) is 3.73. The van der Waals surface area contributed by atoms with Gasteiger partial charge in [0.15, 0.2) is 9.84 Å². The fourth-order valence-electron chi connectivity index (χ4n) is 2.77. The molecule has 4 atom stereocenters. The normalized spacial score (nSPS) is 40.6. The van der Waals surface area contributed by atoms with Crippen molar-refractivity contribution in [3.05, 3.63) is 0 Å². The molecule has 0 amide bonds. The van der Waals surface area contributed by atoms with E-state index in [4.69, 9.17) is 17.3 Å². The van der Waals surface area contributed by atoms with Gasteiger partial charge in [0.25, 0.3) is 0 Å². The Labute approximate surface area is 108 Å². The minimum Gasteiger partial charge on any atom is -0.325 e. The standard InChI is InChI=1S/C10H20ClN3O2S/c1-17(15,16)7-2-3-14(6-7)10-8(11)4-13-5-9(10)12/h7-10,13H,2-6,12H2,1H3. The molecule has 2 aliphatic heterocycles. The van der Waals surface area contributed by atoms with Gasteiger partial charge in [-0.2, -0.15) is 0 Å². The van der Waals surface area contributed by atoms with Crippen LogP contribution in [0, 0.1) is 0 Å². The maximum absolute atomic E-state index is 11.5. The van der Waals surface area contributed by atoms with Gasteiger partial charge in [-0.05, 0) is 13.0 Å². The lowest BCUT2D eigenvalue weighted by atomic mass is 10.00. The molecule has 0 aromatic carbocycles. The van der Waals surface area contributed by atoms with Gasteiger partial charge in [-0.25, -0.2) is 8.42 Å². The minimum absolute atomic E-state index is 0.0236. The van der Waals surface area contributed by atoms with Gasteiger partial charge in [-0.3, -0.25) is 4.90 Å². The fraction of sp³-hybridized carbons (Fsp3) is 1.00. The number of nitrogens with zero attached hydrogens (tertiary/aromatic N) is 1. The summed E-state index contributed by atoms with van der Waals surface area (Å²) in [6.07, 6.45) is 2.00. The van der Waals surface area contributed by atoms with Crippen LogP contribution in [0.15, 0.2) is 0 Å². The van der Waals surface area contributed by atoms with Crippen LogP contribution in [0.5, 0.6) is 0 Å². The molecule has 100 valence electrons. The van der Waals surface area contributed by atoms with Crippen LogP contribution in [0.4, 0.5) is 0 Å². The van der Waals surface area contributed by atoms with Gasteiger partial charge >= 0.3 is 0 Å². The van der Waals surface area contributed by atoms with Crippen LogP contribution in [-0.2, 0) is 9.84 Å². The maximum Gasteiger partial charge on any atom is 0.151 e. The molecule has 2 aliphatic rings. The monoisotopic (exact) mass is 281 g/mol. The van der Waals surface area contributed by atoms with Gasteiger partial charge in [-0.15, -0.1) is 11.6 Å². The van der Waals surface area contributed by atoms with Crippen molar-refractivity contribution < 1.29 is 8.42 Å². The van der Waals surface area contributed by atoms with E-state index in [1.54, 1.807) is 0 Å². The summed E-state index contributed by atoms with van der Waals surface area (Å²) in [5.74, 6) is 0. The lowest BCUT2D eigenvalue weighted by Gasteiger charge is -2.39. The Morgan fingerprint density at radius 1 is 1.41 bits per heavy atom. The predicted octanol–water partition coefficient (Wildman–Crippen LogP) is -0.988. The van der Waals surface area contributed by atoms with Gasteiger partial charge < -0.3 is 11.1 Å². The number of piperidine rings is 1. The number of hydrogen-bond donors (Lipinski definition) is 2. The highest BCUT2D eigenvalue weighted by atomic mass is 35.5. The van der Waals surface area contributed by atoms with Gasteiger partial charge in [-0.1, -0.05) is 0 Å². The fourth-order valence-corrected chi connectivity index (χ4v) is 4.22. The minimum atomic E-state index is -2.95. The Kier molecular flexibility index (Phi) is 3.99. The summed E-state index contributed by atoms with van der Waals surface area (Å²) < 4.78 is 23.0. The van der Waals surface area contributed by atoms with Gasteiger partial charge in [0.1, 0.15) is 0 Å². The molecular formula is C10H20ClN3O2S. The van der Waals surface area contributed by atoms with Crippen molar-refractivity contribution >= 4 is 21.4 Å². The summed E-state index contributed by atoms with van der Waals surface area (Å²) in [5, 5.41) is 2.88. The number of halogens is 1. The first-order valence-corrected chi connectivity index (χ1v) is 8.32. The highest BCUT2D eigenvalue weighted by molar-refractivity contribution is 7.91. The molecule has 2 rings (SSSR count). The van der Waals surface area contributed by atoms with E-state index in [-0.39, 0.29) is 22.7 Å². The smallest absolute Gasteiger partial charge is 0.151 e. The maximum atomic E-state index is 11.5. The van der Waals surface area contributed by atoms with Crippen LogP contribution >= 0.6 is 11.6 Å². The van der Waals surface area contributed by atoms with E-state index >= 15 is 0 Å². The summed E-state index contributed by atoms with van der Waals surface area (Å²) in [7, 11) is -2.95. The third kappa shape index (κ3) is 2.93. The van der Waals surface area contributed by atoms with E-state index in [0.29, 0.717) is 13.0 Å². The summed E-state index contributed by atoms with van der Waals surface area (Å²) in [4.78, 5) is 2.15. The molecule has 5 nitrogen and oxygen atoms in total. The second kappa shape index (κ2) is 5.01. The van der Waals surface area contributed by atoms with Gasteiger partial charge in [0.05, 0.1) is 10.6 Å². The first-order valence-electron chi connectivity index (χ1n) is 5.93. The van der Waals surface area contributed by atoms with E-state index in [1.807, 2.05) is 0 Å². The third-order valence-corrected chi connectivity index (χ3v) is 5.74. The van der Waals surface area contributed by atoms with Crippen molar-refractivity contribution in [3.8, 4) is 0 Å². The van der Waals surface area contributed by atoms with Crippen molar-refractivity contribution in [1.29, 1.82) is 0 Å². The molecule has 0 spiro atoms. The highest BCUT2D eigenvalue weighted by Crippen LogP contribution is 2.24. The van der Waals surface area contributed by atoms with E-state index < -0.39 is 9.84 Å². The number of sulfone groups is 1. The SMILES string of the molecule is CS(=O)(=O)C1CCN(C2C(N)CNCC2Cl)C1. The number of alkyl halides is 1. The summed E-state index contributed by atoms with van der Waals surface area (Å²) in [6.45, 7) is 2.83. The molecule has 0 aromatic heterocycles. The summed E-state index contributed by atoms with van der Waals surface area (Å²) in [6, 6.07) is 0.0641. The molecule has 7 heteroatoms. The van der Waals surface area contributed by atoms with Crippen molar-refractivity contribution in [1.82, 2.24) is 10.2 Å². The van der Waals surface area contributed by atoms with Gasteiger partial charge in [0, 0.05) is 38.0 Å². The zero-order valence-electron chi connectivity index (χ0n) is 9.97. The van der Waals surface area contributed by atoms with E-state index in [1.165, 1.54) is 6.26 Å². The quantitative estimate of drug-likeness (QED) is 0.636. The molecule has 17 heavy (non-hydrogen) atoms. The highest BCUT2D eigenvalue weighted by Gasteiger charge is 2.40. The number of rotatable bonds is 2. The molecule has 0 aromatic rings. The number of hydrogen-bond acceptors (Lipinski definition) is 5. The molecular weight excluding hydrogens is 262 g/mol. The zero-order chi connectivity index (χ0) is 12.6. The molecule has 0 aliphatic carbocycles. The molecule has 0 bridgehead atoms. The average Bonchev–Trinajstić information content (AvgIpc) is 2.65. The predicted molar refractivity (Wildman–Crippen MR) is 69.1 cm³/mol. The Bertz CT molecular complexity index is 366. The van der Waals surface area contributed by atoms with Crippen molar-refractivity contribution in [3.63, 3.8) is 0 Å². The van der Waals surface area contributed by atoms with Crippen molar-refractivity contribution in [2.75, 3.05) is 32.4 Å². The Morgan fingerprint density at radius 3 is 2.65 bits per heavy atom. The van der Waals surface area contributed by atoms with E-state index in [9.17, 15) is 8.42 Å². The second-order valence-electron chi connectivity index (χ2n) is 5.06. The lowest BCUT2D eigenvalue weighted by molar-refractivity contribution is 0.180. The van der Waals surface area contributed by atoms with E-state index in [0.717, 1.165) is 19.6 Å². The molecule has 4 unspecified atom stereocenters. The average molecular weight is 282 g/mol. The molecule has 2 fully saturated rings. The molecule has 0 radical (unpaired) electrons. The Morgan fingerprint density at radius 2 is 2.12 bits per heavy atom.